The minimum Gasteiger partial charge on any atom is -0.462 e. The van der Waals surface area contributed by atoms with Crippen molar-refractivity contribution in [3.8, 4) is 0 Å². The normalized spacial score (nSPS) is 14.5. The van der Waals surface area contributed by atoms with E-state index in [2.05, 4.69) is 136 Å². The average Bonchev–Trinajstić information content (AvgIpc) is 3.39. The molecule has 0 amide bonds. The van der Waals surface area contributed by atoms with Crippen LogP contribution in [0.2, 0.25) is 0 Å². The summed E-state index contributed by atoms with van der Waals surface area (Å²) in [6.07, 6.45) is 69.9. The molecule has 3 atom stereocenters. The highest BCUT2D eigenvalue weighted by Gasteiger charge is 2.28. The molecule has 0 aliphatic heterocycles. The third-order valence-corrected chi connectivity index (χ3v) is 11.7. The molecule has 0 rings (SSSR count). The van der Waals surface area contributed by atoms with Crippen LogP contribution in [-0.4, -0.2) is 66.5 Å². The zero-order valence-corrected chi connectivity index (χ0v) is 46.6. The zero-order valence-electron chi connectivity index (χ0n) is 45.7. The third-order valence-electron chi connectivity index (χ3n) is 10.8. The predicted molar refractivity (Wildman–Crippen MR) is 306 cm³/mol. The van der Waals surface area contributed by atoms with E-state index in [0.717, 1.165) is 103 Å². The van der Waals surface area contributed by atoms with Crippen LogP contribution in [0.25, 0.3) is 0 Å². The van der Waals surface area contributed by atoms with E-state index >= 15 is 0 Å². The van der Waals surface area contributed by atoms with Crippen molar-refractivity contribution in [3.63, 3.8) is 0 Å². The minimum absolute atomic E-state index is 0.0255. The average molecular weight is 1050 g/mol. The maximum Gasteiger partial charge on any atom is 0.472 e. The molecule has 0 saturated carbocycles. The molecule has 0 aromatic carbocycles. The maximum atomic E-state index is 12.9. The number of carbonyl (C=O) groups excluding carboxylic acids is 3. The number of aliphatic hydroxyl groups excluding tert-OH is 1. The summed E-state index contributed by atoms with van der Waals surface area (Å²) in [6.45, 7) is 4.17. The Morgan fingerprint density at radius 2 is 0.730 bits per heavy atom. The van der Waals surface area contributed by atoms with Gasteiger partial charge in [-0.25, -0.2) is 4.57 Å². The van der Waals surface area contributed by atoms with E-state index in [4.69, 9.17) is 23.3 Å². The number of unbranched alkanes of at least 4 members (excludes halogenated alkanes) is 8. The Morgan fingerprint density at radius 3 is 1.14 bits per heavy atom. The number of phosphoric ester groups is 1. The first kappa shape index (κ1) is 69.4. The Morgan fingerprint density at radius 1 is 0.392 bits per heavy atom. The molecule has 74 heavy (non-hydrogen) atoms. The van der Waals surface area contributed by atoms with Crippen LogP contribution in [0.15, 0.2) is 146 Å². The molecule has 11 nitrogen and oxygen atoms in total. The Labute approximate surface area is 448 Å². The first-order chi connectivity index (χ1) is 36.2. The second-order valence-electron chi connectivity index (χ2n) is 17.6. The number of hydrogen-bond donors (Lipinski definition) is 2. The quantitative estimate of drug-likeness (QED) is 0.0197. The highest BCUT2D eigenvalue weighted by Crippen LogP contribution is 2.43. The van der Waals surface area contributed by atoms with Crippen LogP contribution in [0, 0.1) is 0 Å². The molecule has 12 heteroatoms. The second-order valence-corrected chi connectivity index (χ2v) is 19.1. The van der Waals surface area contributed by atoms with Crippen molar-refractivity contribution in [2.45, 2.75) is 200 Å². The molecule has 0 aromatic rings. The molecular formula is C62H97O11P. The van der Waals surface area contributed by atoms with Crippen LogP contribution in [0.4, 0.5) is 0 Å². The maximum absolute atomic E-state index is 12.9. The summed E-state index contributed by atoms with van der Waals surface area (Å²) < 4.78 is 39.3. The van der Waals surface area contributed by atoms with E-state index in [1.54, 1.807) is 0 Å². The topological polar surface area (TPSA) is 155 Å². The summed E-state index contributed by atoms with van der Waals surface area (Å²) in [5.74, 6) is -1.69. The number of hydrogen-bond acceptors (Lipinski definition) is 10. The van der Waals surface area contributed by atoms with Gasteiger partial charge in [0.25, 0.3) is 0 Å². The summed E-state index contributed by atoms with van der Waals surface area (Å²) >= 11 is 0. The van der Waals surface area contributed by atoms with Gasteiger partial charge in [-0.3, -0.25) is 23.4 Å². The first-order valence-corrected chi connectivity index (χ1v) is 29.2. The summed E-state index contributed by atoms with van der Waals surface area (Å²) in [6, 6.07) is 0. The fraction of sp³-hybridized carbons (Fsp3) is 0.565. The van der Waals surface area contributed by atoms with Gasteiger partial charge in [0.15, 0.2) is 6.10 Å². The molecule has 0 aliphatic carbocycles. The van der Waals surface area contributed by atoms with Crippen molar-refractivity contribution in [3.05, 3.63) is 146 Å². The van der Waals surface area contributed by atoms with Crippen molar-refractivity contribution in [1.82, 2.24) is 0 Å². The van der Waals surface area contributed by atoms with Crippen LogP contribution < -0.4 is 0 Å². The van der Waals surface area contributed by atoms with Crippen molar-refractivity contribution in [2.75, 3.05) is 26.4 Å². The van der Waals surface area contributed by atoms with Gasteiger partial charge in [-0.05, 0) is 116 Å². The number of rotatable bonds is 49. The summed E-state index contributed by atoms with van der Waals surface area (Å²) in [5, 5.41) is 9.78. The Kier molecular flexibility index (Phi) is 51.2. The number of ether oxygens (including phenoxy) is 3. The second kappa shape index (κ2) is 54.6. The molecule has 0 bridgehead atoms. The molecule has 0 spiro atoms. The van der Waals surface area contributed by atoms with Gasteiger partial charge in [0.1, 0.15) is 12.7 Å². The van der Waals surface area contributed by atoms with Gasteiger partial charge in [-0.2, -0.15) is 0 Å². The largest absolute Gasteiger partial charge is 0.472 e. The van der Waals surface area contributed by atoms with Crippen molar-refractivity contribution < 1.29 is 52.2 Å². The Bertz CT molecular complexity index is 1800. The number of allylic oxidation sites excluding steroid dienone is 24. The van der Waals surface area contributed by atoms with Gasteiger partial charge in [-0.1, -0.05) is 199 Å². The lowest BCUT2D eigenvalue weighted by molar-refractivity contribution is -0.161. The molecule has 0 heterocycles. The number of esters is 3. The Balaban J connectivity index is 4.96. The predicted octanol–water partition coefficient (Wildman–Crippen LogP) is 16.4. The van der Waals surface area contributed by atoms with E-state index < -0.39 is 57.8 Å². The lowest BCUT2D eigenvalue weighted by Gasteiger charge is -2.21. The molecule has 416 valence electrons. The summed E-state index contributed by atoms with van der Waals surface area (Å²) in [4.78, 5) is 48.4. The zero-order chi connectivity index (χ0) is 54.1. The lowest BCUT2D eigenvalue weighted by atomic mass is 10.1. The van der Waals surface area contributed by atoms with Gasteiger partial charge in [0, 0.05) is 19.3 Å². The molecule has 3 unspecified atom stereocenters. The van der Waals surface area contributed by atoms with E-state index in [1.807, 2.05) is 30.4 Å². The van der Waals surface area contributed by atoms with Crippen LogP contribution in [0.1, 0.15) is 188 Å². The first-order valence-electron chi connectivity index (χ1n) is 27.7. The number of carbonyl (C=O) groups is 3. The molecule has 0 radical (unpaired) electrons. The minimum atomic E-state index is -4.80. The molecule has 2 N–H and O–H groups in total. The smallest absolute Gasteiger partial charge is 0.462 e. The van der Waals surface area contributed by atoms with Gasteiger partial charge < -0.3 is 24.2 Å². The molecule has 0 fully saturated rings. The van der Waals surface area contributed by atoms with Crippen molar-refractivity contribution >= 4 is 25.7 Å². The van der Waals surface area contributed by atoms with Gasteiger partial charge in [0.2, 0.25) is 0 Å². The van der Waals surface area contributed by atoms with E-state index in [0.29, 0.717) is 25.7 Å². The monoisotopic (exact) mass is 1050 g/mol. The van der Waals surface area contributed by atoms with Crippen LogP contribution >= 0.6 is 7.82 Å². The van der Waals surface area contributed by atoms with E-state index in [9.17, 15) is 28.9 Å². The van der Waals surface area contributed by atoms with Crippen LogP contribution in [-0.2, 0) is 42.2 Å². The van der Waals surface area contributed by atoms with E-state index in [1.165, 1.54) is 19.3 Å². The highest BCUT2D eigenvalue weighted by molar-refractivity contribution is 7.47. The van der Waals surface area contributed by atoms with Crippen LogP contribution in [0.5, 0.6) is 0 Å². The number of phosphoric acid groups is 1. The molecule has 0 aliphatic rings. The third kappa shape index (κ3) is 52.2. The van der Waals surface area contributed by atoms with Gasteiger partial charge in [-0.15, -0.1) is 0 Å². The summed E-state index contributed by atoms with van der Waals surface area (Å²) in [5.41, 5.74) is 0. The fourth-order valence-corrected chi connectivity index (χ4v) is 7.38. The standard InChI is InChI=1S/C62H97O11P/c1-4-7-10-13-16-19-22-25-27-28-29-30-32-35-38-41-44-47-50-53-62(66)73-59(55-69-60(64)51-48-45-42-39-36-34-31-26-23-20-17-14-11-8-5-2)57-71-74(67,68)70-56-58(54-63)72-61(65)52-49-46-43-40-37-33-24-21-18-15-12-9-6-3/h7,9-10,12,16-21,25-27,29-31,33,35,37-38,43-44,46-47,58-59,63H,4-6,8,11,13-15,22-24,28,32,34,36,39-42,45,48-57H2,1-3H3,(H,67,68)/b10-7-,12-9-,19-16-,20-17-,21-18-,27-25-,30-29-,31-26-,37-33-,38-35-,46-43-,47-44-. The molecular weight excluding hydrogens is 952 g/mol. The van der Waals surface area contributed by atoms with Gasteiger partial charge in [0.05, 0.1) is 19.8 Å². The lowest BCUT2D eigenvalue weighted by Crippen LogP contribution is -2.30. The molecule has 0 saturated heterocycles. The highest BCUT2D eigenvalue weighted by atomic mass is 31.2. The van der Waals surface area contributed by atoms with Crippen molar-refractivity contribution in [2.24, 2.45) is 0 Å². The fourth-order valence-electron chi connectivity index (χ4n) is 6.60. The van der Waals surface area contributed by atoms with Gasteiger partial charge >= 0.3 is 25.7 Å². The van der Waals surface area contributed by atoms with Crippen molar-refractivity contribution in [1.29, 1.82) is 0 Å². The van der Waals surface area contributed by atoms with E-state index in [-0.39, 0.29) is 25.9 Å². The number of aliphatic hydroxyl groups is 1. The Hall–Kier alpha value is -4.64. The van der Waals surface area contributed by atoms with Crippen LogP contribution in [0.3, 0.4) is 0 Å². The SMILES string of the molecule is CC/C=C\C/C=C\C/C=C\C/C=C\C/C=C\C/C=C\CCC(=O)OC(COC(=O)CCCCCCC/C=C\C/C=C\CCCCC)COP(=O)(O)OCC(CO)OC(=O)CC/C=C\C/C=C\C/C=C\C/C=C\CC. The summed E-state index contributed by atoms with van der Waals surface area (Å²) in [7, 11) is -4.80. The molecule has 0 aromatic heterocycles.